The van der Waals surface area contributed by atoms with Crippen molar-refractivity contribution in [3.63, 3.8) is 0 Å². The van der Waals surface area contributed by atoms with Gasteiger partial charge in [-0.15, -0.1) is 5.54 Å². The minimum Gasteiger partial charge on any atom is -0.256 e. The smallest absolute Gasteiger partial charge is 0.129 e. The van der Waals surface area contributed by atoms with E-state index in [2.05, 4.69) is 73.6 Å². The van der Waals surface area contributed by atoms with Gasteiger partial charge >= 0.3 is 0 Å². The van der Waals surface area contributed by atoms with Crippen molar-refractivity contribution in [2.75, 3.05) is 0 Å². The van der Waals surface area contributed by atoms with Crippen molar-refractivity contribution in [3.8, 4) is 11.5 Å². The first-order valence-corrected chi connectivity index (χ1v) is 13.4. The second kappa shape index (κ2) is 5.68. The number of nitrogens with zero attached hydrogens (tertiary/aromatic N) is 1. The van der Waals surface area contributed by atoms with Crippen LogP contribution in [0.4, 0.5) is 0 Å². The van der Waals surface area contributed by atoms with Crippen LogP contribution in [0.2, 0.25) is 39.3 Å². The highest BCUT2D eigenvalue weighted by molar-refractivity contribution is 6.84. The van der Waals surface area contributed by atoms with Gasteiger partial charge in [0, 0.05) is 11.8 Å². The first kappa shape index (κ1) is 14.9. The third kappa shape index (κ3) is 6.58. The van der Waals surface area contributed by atoms with Gasteiger partial charge in [0.05, 0.1) is 13.8 Å². The zero-order valence-corrected chi connectivity index (χ0v) is 14.3. The van der Waals surface area contributed by atoms with Crippen LogP contribution in [0.1, 0.15) is 11.3 Å². The van der Waals surface area contributed by atoms with Gasteiger partial charge in [-0.05, 0) is 18.2 Å². The molecule has 1 heterocycles. The Bertz CT molecular complexity index is 476. The summed E-state index contributed by atoms with van der Waals surface area (Å²) in [5.74, 6) is 3.22. The molecule has 0 bridgehead atoms. The zero-order valence-electron chi connectivity index (χ0n) is 12.3. The second-order valence-electron chi connectivity index (χ2n) is 6.67. The molecule has 18 heavy (non-hydrogen) atoms. The van der Waals surface area contributed by atoms with Crippen molar-refractivity contribution in [3.05, 3.63) is 35.3 Å². The normalized spacial score (nSPS) is 12.3. The summed E-state index contributed by atoms with van der Waals surface area (Å²) in [5, 5.41) is 0. The molecular weight excluding hydrogens is 250 g/mol. The maximum Gasteiger partial charge on any atom is 0.129 e. The molecule has 0 saturated carbocycles. The molecule has 0 N–H and O–H groups in total. The van der Waals surface area contributed by atoms with E-state index in [1.54, 1.807) is 0 Å². The summed E-state index contributed by atoms with van der Waals surface area (Å²) in [4.78, 5) is 4.43. The lowest BCUT2D eigenvalue weighted by Gasteiger charge is -2.07. The van der Waals surface area contributed by atoms with Crippen LogP contribution in [-0.4, -0.2) is 21.1 Å². The van der Waals surface area contributed by atoms with Gasteiger partial charge in [0.2, 0.25) is 0 Å². The third-order valence-corrected chi connectivity index (χ3v) is 4.16. The van der Waals surface area contributed by atoms with Crippen molar-refractivity contribution >= 4 is 22.2 Å². The van der Waals surface area contributed by atoms with Crippen molar-refractivity contribution in [2.24, 2.45) is 0 Å². The number of aromatic nitrogens is 1. The minimum absolute atomic E-state index is 1.02. The quantitative estimate of drug-likeness (QED) is 0.581. The average molecular weight is 274 g/mol. The number of rotatable bonds is 2. The topological polar surface area (TPSA) is 12.9 Å². The standard InChI is InChI=1S/C15H23NSi2/c1-17(2,3)11-9-14-7-8-15(16-13-14)10-12-18(4,5)6/h7-8,10,12-13H,1-6H3/b12-10+. The van der Waals surface area contributed by atoms with Crippen LogP contribution in [0.25, 0.3) is 6.08 Å². The van der Waals surface area contributed by atoms with E-state index < -0.39 is 16.1 Å². The van der Waals surface area contributed by atoms with Gasteiger partial charge < -0.3 is 0 Å². The van der Waals surface area contributed by atoms with Crippen molar-refractivity contribution in [1.29, 1.82) is 0 Å². The molecule has 1 rings (SSSR count). The highest BCUT2D eigenvalue weighted by Gasteiger charge is 2.08. The van der Waals surface area contributed by atoms with E-state index in [1.165, 1.54) is 0 Å². The van der Waals surface area contributed by atoms with Crippen LogP contribution in [0.3, 0.4) is 0 Å². The average Bonchev–Trinajstić information content (AvgIpc) is 2.23. The molecule has 0 unspecified atom stereocenters. The van der Waals surface area contributed by atoms with Gasteiger partial charge in [0.1, 0.15) is 8.07 Å². The van der Waals surface area contributed by atoms with Crippen LogP contribution in [0.15, 0.2) is 24.0 Å². The summed E-state index contributed by atoms with van der Waals surface area (Å²) in [6.45, 7) is 13.7. The summed E-state index contributed by atoms with van der Waals surface area (Å²) in [7, 11) is -2.43. The van der Waals surface area contributed by atoms with E-state index in [0.717, 1.165) is 11.3 Å². The molecule has 0 radical (unpaired) electrons. The van der Waals surface area contributed by atoms with Crippen LogP contribution in [-0.2, 0) is 0 Å². The molecule has 0 atom stereocenters. The van der Waals surface area contributed by atoms with Gasteiger partial charge in [-0.3, -0.25) is 4.98 Å². The van der Waals surface area contributed by atoms with Gasteiger partial charge in [-0.25, -0.2) is 0 Å². The molecule has 0 aliphatic rings. The molecule has 1 aromatic heterocycles. The predicted octanol–water partition coefficient (Wildman–Crippen LogP) is 4.20. The highest BCUT2D eigenvalue weighted by Crippen LogP contribution is 2.07. The Morgan fingerprint density at radius 3 is 2.17 bits per heavy atom. The summed E-state index contributed by atoms with van der Waals surface area (Å²) < 4.78 is 0. The van der Waals surface area contributed by atoms with Crippen molar-refractivity contribution < 1.29 is 0 Å². The monoisotopic (exact) mass is 273 g/mol. The van der Waals surface area contributed by atoms with Gasteiger partial charge in [-0.1, -0.05) is 50.9 Å². The number of hydrogen-bond donors (Lipinski definition) is 0. The molecule has 0 spiro atoms. The molecule has 0 aliphatic heterocycles. The molecule has 1 aromatic rings. The van der Waals surface area contributed by atoms with Crippen molar-refractivity contribution in [1.82, 2.24) is 4.98 Å². The highest BCUT2D eigenvalue weighted by atomic mass is 28.3. The Labute approximate surface area is 113 Å². The van der Waals surface area contributed by atoms with Gasteiger partial charge in [0.25, 0.3) is 0 Å². The SMILES string of the molecule is C[Si](C)(C)C#Cc1ccc(/C=C/[Si](C)(C)C)nc1. The Kier molecular flexibility index (Phi) is 4.72. The van der Waals surface area contributed by atoms with Crippen LogP contribution >= 0.6 is 0 Å². The van der Waals surface area contributed by atoms with Crippen LogP contribution in [0.5, 0.6) is 0 Å². The fraction of sp³-hybridized carbons (Fsp3) is 0.400. The maximum atomic E-state index is 4.43. The lowest BCUT2D eigenvalue weighted by atomic mass is 10.2. The molecule has 0 fully saturated rings. The van der Waals surface area contributed by atoms with Gasteiger partial charge in [0.15, 0.2) is 0 Å². The number of hydrogen-bond acceptors (Lipinski definition) is 1. The Morgan fingerprint density at radius 1 is 1.06 bits per heavy atom. The Morgan fingerprint density at radius 2 is 1.72 bits per heavy atom. The zero-order chi connectivity index (χ0) is 13.8. The fourth-order valence-corrected chi connectivity index (χ4v) is 2.36. The Balaban J connectivity index is 2.80. The molecule has 0 amide bonds. The molecule has 0 saturated heterocycles. The molecule has 3 heteroatoms. The molecule has 0 aliphatic carbocycles. The van der Waals surface area contributed by atoms with Gasteiger partial charge in [-0.2, -0.15) is 0 Å². The van der Waals surface area contributed by atoms with Crippen molar-refractivity contribution in [2.45, 2.75) is 39.3 Å². The van der Waals surface area contributed by atoms with E-state index in [1.807, 2.05) is 12.3 Å². The maximum absolute atomic E-state index is 4.43. The van der Waals surface area contributed by atoms with Crippen LogP contribution < -0.4 is 0 Å². The molecule has 0 aromatic carbocycles. The molecule has 96 valence electrons. The third-order valence-electron chi connectivity index (χ3n) is 2.12. The van der Waals surface area contributed by atoms with E-state index >= 15 is 0 Å². The van der Waals surface area contributed by atoms with E-state index in [4.69, 9.17) is 0 Å². The molecule has 1 nitrogen and oxygen atoms in total. The fourth-order valence-electron chi connectivity index (χ4n) is 1.17. The summed E-state index contributed by atoms with van der Waals surface area (Å²) in [6, 6.07) is 4.11. The summed E-state index contributed by atoms with van der Waals surface area (Å²) in [6.07, 6.45) is 4.00. The minimum atomic E-state index is -1.29. The van der Waals surface area contributed by atoms with E-state index in [-0.39, 0.29) is 0 Å². The lowest BCUT2D eigenvalue weighted by molar-refractivity contribution is 1.28. The van der Waals surface area contributed by atoms with E-state index in [0.29, 0.717) is 0 Å². The first-order chi connectivity index (χ1) is 8.16. The number of pyridine rings is 1. The van der Waals surface area contributed by atoms with Crippen LogP contribution in [0, 0.1) is 11.5 Å². The lowest BCUT2D eigenvalue weighted by Crippen LogP contribution is -2.16. The predicted molar refractivity (Wildman–Crippen MR) is 86.8 cm³/mol. The summed E-state index contributed by atoms with van der Waals surface area (Å²) >= 11 is 0. The second-order valence-corrected chi connectivity index (χ2v) is 16.5. The Hall–Kier alpha value is -1.12. The first-order valence-electron chi connectivity index (χ1n) is 6.34. The summed E-state index contributed by atoms with van der Waals surface area (Å²) in [5.41, 5.74) is 7.70. The van der Waals surface area contributed by atoms with E-state index in [9.17, 15) is 0 Å². The largest absolute Gasteiger partial charge is 0.256 e. The molecular formula is C15H23NSi2.